The highest BCUT2D eigenvalue weighted by Crippen LogP contribution is 2.35. The molecule has 0 aromatic heterocycles. The second kappa shape index (κ2) is 7.20. The van der Waals surface area contributed by atoms with Gasteiger partial charge in [-0.15, -0.1) is 0 Å². The Balaban J connectivity index is 2.17. The monoisotopic (exact) mass is 326 g/mol. The molecule has 6 heteroatoms. The van der Waals surface area contributed by atoms with Gasteiger partial charge in [0.2, 0.25) is 6.29 Å². The Morgan fingerprint density at radius 3 is 2.19 bits per heavy atom. The maximum Gasteiger partial charge on any atom is 0.406 e. The molecular formula is C15H12Cl2O4. The second-order valence-corrected chi connectivity index (χ2v) is 4.74. The van der Waals surface area contributed by atoms with Crippen molar-refractivity contribution in [2.24, 2.45) is 0 Å². The van der Waals surface area contributed by atoms with Crippen molar-refractivity contribution in [1.29, 1.82) is 0 Å². The van der Waals surface area contributed by atoms with Crippen LogP contribution in [0.5, 0.6) is 17.2 Å². The van der Waals surface area contributed by atoms with Crippen molar-refractivity contribution in [3.05, 3.63) is 53.6 Å². The number of benzene rings is 2. The minimum absolute atomic E-state index is 0.405. The topological polar surface area (TPSA) is 44.8 Å². The van der Waals surface area contributed by atoms with Crippen molar-refractivity contribution in [2.75, 3.05) is 0 Å². The summed E-state index contributed by atoms with van der Waals surface area (Å²) in [7, 11) is 0. The molecule has 2 rings (SSSR count). The summed E-state index contributed by atoms with van der Waals surface area (Å²) >= 11 is 11.2. The van der Waals surface area contributed by atoms with Gasteiger partial charge >= 0.3 is 5.43 Å². The van der Waals surface area contributed by atoms with Crippen LogP contribution in [0, 0.1) is 0 Å². The SMILES string of the molecule is CC(OC(=O)Cl)Oc1ccccc1Oc1ccccc1Cl. The molecule has 1 unspecified atom stereocenters. The van der Waals surface area contributed by atoms with Crippen molar-refractivity contribution < 1.29 is 19.0 Å². The van der Waals surface area contributed by atoms with Crippen LogP contribution in [0.25, 0.3) is 0 Å². The van der Waals surface area contributed by atoms with Crippen molar-refractivity contribution in [3.63, 3.8) is 0 Å². The van der Waals surface area contributed by atoms with Crippen LogP contribution in [0.2, 0.25) is 5.02 Å². The summed E-state index contributed by atoms with van der Waals surface area (Å²) in [4.78, 5) is 10.7. The van der Waals surface area contributed by atoms with E-state index in [0.29, 0.717) is 22.3 Å². The fourth-order valence-electron chi connectivity index (χ4n) is 1.61. The second-order valence-electron chi connectivity index (χ2n) is 4.02. The third kappa shape index (κ3) is 4.55. The summed E-state index contributed by atoms with van der Waals surface area (Å²) in [5, 5.41) is 0.479. The lowest BCUT2D eigenvalue weighted by molar-refractivity contribution is -0.00784. The lowest BCUT2D eigenvalue weighted by Gasteiger charge is -2.16. The highest BCUT2D eigenvalue weighted by atomic mass is 35.5. The predicted octanol–water partition coefficient (Wildman–Crippen LogP) is 5.23. The molecule has 0 aliphatic carbocycles. The Morgan fingerprint density at radius 1 is 1.00 bits per heavy atom. The average molecular weight is 327 g/mol. The van der Waals surface area contributed by atoms with Crippen LogP contribution < -0.4 is 9.47 Å². The van der Waals surface area contributed by atoms with Crippen LogP contribution in [0.1, 0.15) is 6.92 Å². The molecule has 0 aliphatic rings. The van der Waals surface area contributed by atoms with Gasteiger partial charge in [-0.3, -0.25) is 0 Å². The Labute approximate surface area is 132 Å². The summed E-state index contributed by atoms with van der Waals surface area (Å²) in [5.41, 5.74) is -0.938. The third-order valence-corrected chi connectivity index (χ3v) is 2.86. The Kier molecular flexibility index (Phi) is 5.31. The lowest BCUT2D eigenvalue weighted by atomic mass is 10.3. The number of carbonyl (C=O) groups is 1. The number of carbonyl (C=O) groups excluding carboxylic acids is 1. The first kappa shape index (κ1) is 15.5. The van der Waals surface area contributed by atoms with E-state index < -0.39 is 11.7 Å². The maximum atomic E-state index is 10.7. The van der Waals surface area contributed by atoms with Crippen LogP contribution in [0.3, 0.4) is 0 Å². The quantitative estimate of drug-likeness (QED) is 0.557. The van der Waals surface area contributed by atoms with Gasteiger partial charge in [-0.2, -0.15) is 0 Å². The van der Waals surface area contributed by atoms with Crippen LogP contribution in [-0.2, 0) is 4.74 Å². The van der Waals surface area contributed by atoms with Crippen LogP contribution >= 0.6 is 23.2 Å². The van der Waals surface area contributed by atoms with E-state index >= 15 is 0 Å². The molecule has 0 aliphatic heterocycles. The molecule has 2 aromatic rings. The van der Waals surface area contributed by atoms with Crippen LogP contribution in [0.4, 0.5) is 4.79 Å². The largest absolute Gasteiger partial charge is 0.452 e. The minimum Gasteiger partial charge on any atom is -0.452 e. The van der Waals surface area contributed by atoms with Crippen LogP contribution in [-0.4, -0.2) is 11.7 Å². The highest BCUT2D eigenvalue weighted by molar-refractivity contribution is 6.61. The number of para-hydroxylation sites is 3. The van der Waals surface area contributed by atoms with Crippen LogP contribution in [0.15, 0.2) is 48.5 Å². The Morgan fingerprint density at radius 2 is 1.57 bits per heavy atom. The molecule has 4 nitrogen and oxygen atoms in total. The number of halogens is 2. The molecule has 0 saturated carbocycles. The molecule has 0 fully saturated rings. The van der Waals surface area contributed by atoms with Gasteiger partial charge in [-0.05, 0) is 24.3 Å². The number of ether oxygens (including phenoxy) is 3. The van der Waals surface area contributed by atoms with Gasteiger partial charge in [0.1, 0.15) is 5.75 Å². The van der Waals surface area contributed by atoms with E-state index in [9.17, 15) is 4.79 Å². The molecule has 0 saturated heterocycles. The summed E-state index contributed by atoms with van der Waals surface area (Å²) < 4.78 is 15.9. The predicted molar refractivity (Wildman–Crippen MR) is 80.4 cm³/mol. The van der Waals surface area contributed by atoms with Crippen molar-refractivity contribution >= 4 is 28.6 Å². The normalized spacial score (nSPS) is 11.6. The first-order valence-electron chi connectivity index (χ1n) is 6.10. The van der Waals surface area contributed by atoms with E-state index in [1.54, 1.807) is 49.4 Å². The van der Waals surface area contributed by atoms with Gasteiger partial charge < -0.3 is 14.2 Å². The fourth-order valence-corrected chi connectivity index (χ4v) is 1.91. The summed E-state index contributed by atoms with van der Waals surface area (Å²) in [6.07, 6.45) is -0.842. The Hall–Kier alpha value is -1.91. The highest BCUT2D eigenvalue weighted by Gasteiger charge is 2.13. The summed E-state index contributed by atoms with van der Waals surface area (Å²) in [5.74, 6) is 1.35. The van der Waals surface area contributed by atoms with E-state index in [-0.39, 0.29) is 0 Å². The van der Waals surface area contributed by atoms with Crippen molar-refractivity contribution in [3.8, 4) is 17.2 Å². The maximum absolute atomic E-state index is 10.7. The first-order valence-corrected chi connectivity index (χ1v) is 6.86. The van der Waals surface area contributed by atoms with Crippen molar-refractivity contribution in [1.82, 2.24) is 0 Å². The van der Waals surface area contributed by atoms with Gasteiger partial charge in [-0.1, -0.05) is 35.9 Å². The average Bonchev–Trinajstić information content (AvgIpc) is 2.42. The Bertz CT molecular complexity index is 631. The molecule has 0 radical (unpaired) electrons. The summed E-state index contributed by atoms with van der Waals surface area (Å²) in [6.45, 7) is 1.55. The van der Waals surface area contributed by atoms with E-state index in [1.165, 1.54) is 0 Å². The molecular weight excluding hydrogens is 315 g/mol. The molecule has 0 heterocycles. The molecule has 0 bridgehead atoms. The molecule has 21 heavy (non-hydrogen) atoms. The molecule has 110 valence electrons. The van der Waals surface area contributed by atoms with E-state index in [2.05, 4.69) is 0 Å². The molecule has 0 spiro atoms. The molecule has 0 amide bonds. The fraction of sp³-hybridized carbons (Fsp3) is 0.133. The van der Waals surface area contributed by atoms with Gasteiger partial charge in [0, 0.05) is 18.5 Å². The standard InChI is InChI=1S/C15H12Cl2O4/c1-10(20-15(17)18)19-13-8-4-5-9-14(13)21-12-7-3-2-6-11(12)16/h2-10H,1H3. The number of rotatable bonds is 5. The van der Waals surface area contributed by atoms with Gasteiger partial charge in [0.25, 0.3) is 0 Å². The lowest BCUT2D eigenvalue weighted by Crippen LogP contribution is -2.17. The number of hydrogen-bond acceptors (Lipinski definition) is 4. The van der Waals surface area contributed by atoms with E-state index in [0.717, 1.165) is 0 Å². The molecule has 0 N–H and O–H groups in total. The van der Waals surface area contributed by atoms with E-state index in [1.807, 2.05) is 6.07 Å². The van der Waals surface area contributed by atoms with Crippen molar-refractivity contribution in [2.45, 2.75) is 13.2 Å². The minimum atomic E-state index is -0.938. The van der Waals surface area contributed by atoms with Gasteiger partial charge in [-0.25, -0.2) is 4.79 Å². The van der Waals surface area contributed by atoms with Gasteiger partial charge in [0.15, 0.2) is 11.5 Å². The zero-order valence-corrected chi connectivity index (χ0v) is 12.6. The molecule has 1 atom stereocenters. The molecule has 2 aromatic carbocycles. The number of hydrogen-bond donors (Lipinski definition) is 0. The zero-order valence-electron chi connectivity index (χ0n) is 11.1. The summed E-state index contributed by atoms with van der Waals surface area (Å²) in [6, 6.07) is 14.0. The van der Waals surface area contributed by atoms with Gasteiger partial charge in [0.05, 0.1) is 5.02 Å². The third-order valence-electron chi connectivity index (χ3n) is 2.46. The first-order chi connectivity index (χ1) is 10.1. The zero-order chi connectivity index (χ0) is 15.2. The van der Waals surface area contributed by atoms with E-state index in [4.69, 9.17) is 37.4 Å². The smallest absolute Gasteiger partial charge is 0.406 e.